The Balaban J connectivity index is 1.45. The minimum atomic E-state index is -0.314. The fourth-order valence-electron chi connectivity index (χ4n) is 3.33. The molecule has 2 aliphatic rings. The highest BCUT2D eigenvalue weighted by Gasteiger charge is 2.29. The summed E-state index contributed by atoms with van der Waals surface area (Å²) in [7, 11) is 0. The zero-order chi connectivity index (χ0) is 18.4. The summed E-state index contributed by atoms with van der Waals surface area (Å²) in [4.78, 5) is 25.6. The number of nitrogens with one attached hydrogen (secondary N) is 1. The van der Waals surface area contributed by atoms with Crippen molar-refractivity contribution in [3.63, 3.8) is 0 Å². The van der Waals surface area contributed by atoms with Gasteiger partial charge >= 0.3 is 0 Å². The molecule has 1 N–H and O–H groups in total. The number of likely N-dealkylation sites (tertiary alicyclic amines) is 1. The van der Waals surface area contributed by atoms with Gasteiger partial charge < -0.3 is 19.7 Å². The van der Waals surface area contributed by atoms with Crippen molar-refractivity contribution in [1.82, 2.24) is 10.2 Å². The van der Waals surface area contributed by atoms with Gasteiger partial charge in [0.25, 0.3) is 0 Å². The molecule has 0 saturated carbocycles. The number of hydrogen-bond acceptors (Lipinski definition) is 4. The van der Waals surface area contributed by atoms with Gasteiger partial charge in [-0.2, -0.15) is 0 Å². The summed E-state index contributed by atoms with van der Waals surface area (Å²) in [5.41, 5.74) is 0. The molecule has 3 rings (SSSR count). The number of halogens is 1. The van der Waals surface area contributed by atoms with Crippen molar-refractivity contribution in [3.8, 4) is 5.75 Å². The van der Waals surface area contributed by atoms with Crippen molar-refractivity contribution in [2.75, 3.05) is 26.3 Å². The van der Waals surface area contributed by atoms with Gasteiger partial charge in [-0.25, -0.2) is 4.39 Å². The SMILES string of the molecule is O=C(CCCN1CCCC1=O)N[C@@H]1COCC[C@@H]1Oc1ccc(F)cc1. The van der Waals surface area contributed by atoms with Gasteiger partial charge in [-0.1, -0.05) is 0 Å². The lowest BCUT2D eigenvalue weighted by molar-refractivity contribution is -0.129. The lowest BCUT2D eigenvalue weighted by Gasteiger charge is -2.32. The van der Waals surface area contributed by atoms with E-state index in [0.717, 1.165) is 13.0 Å². The van der Waals surface area contributed by atoms with Crippen LogP contribution >= 0.6 is 0 Å². The van der Waals surface area contributed by atoms with Crippen LogP contribution in [0.3, 0.4) is 0 Å². The highest BCUT2D eigenvalue weighted by molar-refractivity contribution is 5.78. The lowest BCUT2D eigenvalue weighted by Crippen LogP contribution is -2.51. The molecular formula is C19H25FN2O4. The monoisotopic (exact) mass is 364 g/mol. The van der Waals surface area contributed by atoms with Gasteiger partial charge in [-0.3, -0.25) is 9.59 Å². The van der Waals surface area contributed by atoms with Crippen LogP contribution in [0.4, 0.5) is 4.39 Å². The molecule has 0 bridgehead atoms. The van der Waals surface area contributed by atoms with E-state index in [0.29, 0.717) is 51.2 Å². The first kappa shape index (κ1) is 18.6. The van der Waals surface area contributed by atoms with Crippen LogP contribution in [0.15, 0.2) is 24.3 Å². The summed E-state index contributed by atoms with van der Waals surface area (Å²) in [5.74, 6) is 0.370. The maximum atomic E-state index is 13.0. The standard InChI is InChI=1S/C19H25FN2O4/c20-14-5-7-15(8-6-14)26-17-9-12-25-13-16(17)21-18(23)3-1-10-22-11-2-4-19(22)24/h5-8,16-17H,1-4,9-13H2,(H,21,23)/t16-,17+/m1/s1. The summed E-state index contributed by atoms with van der Waals surface area (Å²) in [5, 5.41) is 2.97. The topological polar surface area (TPSA) is 67.9 Å². The molecule has 0 unspecified atom stereocenters. The molecule has 26 heavy (non-hydrogen) atoms. The highest BCUT2D eigenvalue weighted by Crippen LogP contribution is 2.19. The summed E-state index contributed by atoms with van der Waals surface area (Å²) >= 11 is 0. The minimum absolute atomic E-state index is 0.0696. The average molecular weight is 364 g/mol. The summed E-state index contributed by atoms with van der Waals surface area (Å²) in [6, 6.07) is 5.62. The molecule has 2 atom stereocenters. The first-order chi connectivity index (χ1) is 12.6. The van der Waals surface area contributed by atoms with E-state index >= 15 is 0 Å². The maximum Gasteiger partial charge on any atom is 0.222 e. The van der Waals surface area contributed by atoms with E-state index < -0.39 is 0 Å². The van der Waals surface area contributed by atoms with Crippen molar-refractivity contribution in [3.05, 3.63) is 30.1 Å². The second-order valence-corrected chi connectivity index (χ2v) is 6.74. The third-order valence-corrected chi connectivity index (χ3v) is 4.74. The molecule has 2 amide bonds. The Morgan fingerprint density at radius 1 is 1.35 bits per heavy atom. The molecule has 2 saturated heterocycles. The van der Waals surface area contributed by atoms with Gasteiger partial charge in [0.2, 0.25) is 11.8 Å². The quantitative estimate of drug-likeness (QED) is 0.802. The third kappa shape index (κ3) is 5.17. The summed E-state index contributed by atoms with van der Waals surface area (Å²) in [6.45, 7) is 2.38. The van der Waals surface area contributed by atoms with E-state index in [2.05, 4.69) is 5.32 Å². The summed E-state index contributed by atoms with van der Waals surface area (Å²) in [6.07, 6.45) is 2.99. The number of nitrogens with zero attached hydrogens (tertiary/aromatic N) is 1. The normalized spacial score (nSPS) is 23.1. The van der Waals surface area contributed by atoms with Crippen molar-refractivity contribution in [1.29, 1.82) is 0 Å². The Labute approximate surface area is 152 Å². The molecule has 1 aromatic rings. The Hall–Kier alpha value is -2.15. The second kappa shape index (κ2) is 8.98. The largest absolute Gasteiger partial charge is 0.488 e. The fourth-order valence-corrected chi connectivity index (χ4v) is 3.33. The van der Waals surface area contributed by atoms with Crippen LogP contribution in [0, 0.1) is 5.82 Å². The van der Waals surface area contributed by atoms with Crippen molar-refractivity contribution < 1.29 is 23.5 Å². The fraction of sp³-hybridized carbons (Fsp3) is 0.579. The highest BCUT2D eigenvalue weighted by atomic mass is 19.1. The first-order valence-electron chi connectivity index (χ1n) is 9.19. The Morgan fingerprint density at radius 2 is 2.15 bits per heavy atom. The van der Waals surface area contributed by atoms with E-state index in [9.17, 15) is 14.0 Å². The third-order valence-electron chi connectivity index (χ3n) is 4.74. The predicted molar refractivity (Wildman–Crippen MR) is 93.2 cm³/mol. The number of amides is 2. The van der Waals surface area contributed by atoms with Crippen LogP contribution in [0.1, 0.15) is 32.1 Å². The zero-order valence-electron chi connectivity index (χ0n) is 14.8. The maximum absolute atomic E-state index is 13.0. The predicted octanol–water partition coefficient (Wildman–Crippen LogP) is 1.88. The van der Waals surface area contributed by atoms with Gasteiger partial charge in [-0.15, -0.1) is 0 Å². The molecule has 0 spiro atoms. The second-order valence-electron chi connectivity index (χ2n) is 6.74. The van der Waals surface area contributed by atoms with Crippen LogP contribution in [0.5, 0.6) is 5.75 Å². The molecule has 2 heterocycles. The van der Waals surface area contributed by atoms with E-state index in [1.54, 1.807) is 12.1 Å². The zero-order valence-corrected chi connectivity index (χ0v) is 14.8. The van der Waals surface area contributed by atoms with E-state index in [-0.39, 0.29) is 29.8 Å². The Bertz CT molecular complexity index is 622. The number of ether oxygens (including phenoxy) is 2. The number of carbonyl (C=O) groups excluding carboxylic acids is 2. The minimum Gasteiger partial charge on any atom is -0.488 e. The van der Waals surface area contributed by atoms with Gasteiger partial charge in [-0.05, 0) is 37.1 Å². The van der Waals surface area contributed by atoms with Crippen molar-refractivity contribution in [2.45, 2.75) is 44.2 Å². The first-order valence-corrected chi connectivity index (χ1v) is 9.19. The molecule has 142 valence electrons. The molecule has 0 aromatic heterocycles. The van der Waals surface area contributed by atoms with Gasteiger partial charge in [0, 0.05) is 32.4 Å². The number of hydrogen-bond donors (Lipinski definition) is 1. The molecular weight excluding hydrogens is 339 g/mol. The van der Waals surface area contributed by atoms with Crippen LogP contribution < -0.4 is 10.1 Å². The number of benzene rings is 1. The molecule has 0 aliphatic carbocycles. The molecule has 6 nitrogen and oxygen atoms in total. The average Bonchev–Trinajstić information content (AvgIpc) is 3.04. The Morgan fingerprint density at radius 3 is 2.88 bits per heavy atom. The number of rotatable bonds is 7. The number of carbonyl (C=O) groups is 2. The summed E-state index contributed by atoms with van der Waals surface area (Å²) < 4.78 is 24.4. The van der Waals surface area contributed by atoms with Gasteiger partial charge in [0.15, 0.2) is 0 Å². The van der Waals surface area contributed by atoms with Gasteiger partial charge in [0.05, 0.1) is 19.3 Å². The molecule has 2 aliphatic heterocycles. The lowest BCUT2D eigenvalue weighted by atomic mass is 10.1. The van der Waals surface area contributed by atoms with Crippen molar-refractivity contribution in [2.24, 2.45) is 0 Å². The van der Waals surface area contributed by atoms with Crippen molar-refractivity contribution >= 4 is 11.8 Å². The molecule has 0 radical (unpaired) electrons. The van der Waals surface area contributed by atoms with E-state index in [1.165, 1.54) is 12.1 Å². The van der Waals surface area contributed by atoms with E-state index in [4.69, 9.17) is 9.47 Å². The Kier molecular flexibility index (Phi) is 6.44. The van der Waals surface area contributed by atoms with Crippen LogP contribution in [0.2, 0.25) is 0 Å². The molecule has 2 fully saturated rings. The molecule has 7 heteroatoms. The van der Waals surface area contributed by atoms with Crippen LogP contribution in [-0.4, -0.2) is 55.2 Å². The van der Waals surface area contributed by atoms with Crippen LogP contribution in [0.25, 0.3) is 0 Å². The smallest absolute Gasteiger partial charge is 0.222 e. The molecule has 1 aromatic carbocycles. The van der Waals surface area contributed by atoms with Gasteiger partial charge in [0.1, 0.15) is 17.7 Å². The van der Waals surface area contributed by atoms with Crippen LogP contribution in [-0.2, 0) is 14.3 Å². The van der Waals surface area contributed by atoms with E-state index in [1.807, 2.05) is 4.90 Å².